The molecule has 4 aliphatic heterocycles. The van der Waals surface area contributed by atoms with Gasteiger partial charge in [-0.05, 0) is 161 Å². The zero-order valence-electron chi connectivity index (χ0n) is 50.3. The molecule has 430 valence electrons. The third-order valence-electron chi connectivity index (χ3n) is 19.2. The molecule has 90 heavy (non-hydrogen) atoms. The molecule has 0 amide bonds. The van der Waals surface area contributed by atoms with Gasteiger partial charge >= 0.3 is 0 Å². The second kappa shape index (κ2) is 22.7. The molecule has 0 fully saturated rings. The number of anilines is 13. The standard InChI is InChI=1S/C84H66BN5/c1-9-29-59(30-10-1)69-45-25-46-70(60-31-11-2-12-32-60)81(69)89-77-57-67(87(63-37-17-5-18-38-63)64-39-19-6-20-40-64)51-53-75(77)85-76-54-52-68(88(65-41-21-7-22-42-65)66-43-23-8-24-44-66)58-78(76)90(84-74-50-28-56-86-55-27-49-73(80(74)86)83(89)79(84)85)82-71(61-33-13-3-14-34-61)47-26-48-72(82)62-35-15-4-16-36-62/h1-3,5-15,17-26,29-48,51-54,57-58H,4,16,27-28,49-50,55-56H2. The van der Waals surface area contributed by atoms with Gasteiger partial charge in [-0.3, -0.25) is 0 Å². The molecule has 5 nitrogen and oxygen atoms in total. The highest BCUT2D eigenvalue weighted by atomic mass is 15.2. The molecule has 0 unspecified atom stereocenters. The number of benzene rings is 12. The molecule has 6 heteroatoms. The molecular weight excluding hydrogens is 1090 g/mol. The summed E-state index contributed by atoms with van der Waals surface area (Å²) in [5.74, 6) is 0. The number of fused-ring (bicyclic) bond motifs is 6. The topological polar surface area (TPSA) is 16.2 Å². The smallest absolute Gasteiger partial charge is 0.252 e. The Kier molecular flexibility index (Phi) is 13.5. The Balaban J connectivity index is 1.05. The highest BCUT2D eigenvalue weighted by molar-refractivity contribution is 7.00. The van der Waals surface area contributed by atoms with Gasteiger partial charge in [0, 0.05) is 97.9 Å². The minimum absolute atomic E-state index is 0.163. The molecule has 0 spiro atoms. The maximum atomic E-state index is 2.81. The molecule has 0 saturated carbocycles. The summed E-state index contributed by atoms with van der Waals surface area (Å²) in [6.45, 7) is 1.88. The molecule has 0 atom stereocenters. The van der Waals surface area contributed by atoms with E-state index in [2.05, 4.69) is 328 Å². The largest absolute Gasteiger partial charge is 0.371 e. The summed E-state index contributed by atoms with van der Waals surface area (Å²) in [6, 6.07) is 106. The van der Waals surface area contributed by atoms with Crippen LogP contribution in [-0.2, 0) is 12.8 Å². The van der Waals surface area contributed by atoms with Crippen LogP contribution in [-0.4, -0.2) is 19.8 Å². The zero-order chi connectivity index (χ0) is 59.5. The lowest BCUT2D eigenvalue weighted by molar-refractivity contribution is 0.635. The lowest BCUT2D eigenvalue weighted by Crippen LogP contribution is -2.62. The van der Waals surface area contributed by atoms with Crippen molar-refractivity contribution in [3.05, 3.63) is 320 Å². The first-order valence-electron chi connectivity index (χ1n) is 32.2. The van der Waals surface area contributed by atoms with Gasteiger partial charge in [-0.15, -0.1) is 0 Å². The molecule has 17 rings (SSSR count). The van der Waals surface area contributed by atoms with Gasteiger partial charge in [-0.25, -0.2) is 0 Å². The van der Waals surface area contributed by atoms with Gasteiger partial charge in [-0.2, -0.15) is 0 Å². The van der Waals surface area contributed by atoms with Gasteiger partial charge in [-0.1, -0.05) is 231 Å². The van der Waals surface area contributed by atoms with E-state index in [0.717, 1.165) is 85.7 Å². The molecule has 0 aromatic heterocycles. The van der Waals surface area contributed by atoms with Crippen LogP contribution in [0.2, 0.25) is 0 Å². The van der Waals surface area contributed by atoms with E-state index in [4.69, 9.17) is 0 Å². The summed E-state index contributed by atoms with van der Waals surface area (Å²) in [4.78, 5) is 13.3. The maximum Gasteiger partial charge on any atom is 0.252 e. The van der Waals surface area contributed by atoms with Crippen molar-refractivity contribution in [2.75, 3.05) is 37.6 Å². The molecular formula is C84H66BN5. The molecule has 0 radical (unpaired) electrons. The predicted octanol–water partition coefficient (Wildman–Crippen LogP) is 20.1. The number of hydrogen-bond donors (Lipinski definition) is 0. The van der Waals surface area contributed by atoms with Crippen molar-refractivity contribution in [3.63, 3.8) is 0 Å². The van der Waals surface area contributed by atoms with Crippen LogP contribution < -0.4 is 40.9 Å². The van der Waals surface area contributed by atoms with Gasteiger partial charge in [0.2, 0.25) is 0 Å². The first-order valence-corrected chi connectivity index (χ1v) is 32.2. The second-order valence-electron chi connectivity index (χ2n) is 24.4. The summed E-state index contributed by atoms with van der Waals surface area (Å²) >= 11 is 0. The number of rotatable bonds is 12. The van der Waals surface area contributed by atoms with Crippen LogP contribution in [0.5, 0.6) is 0 Å². The average Bonchev–Trinajstić information content (AvgIpc) is 0.680. The van der Waals surface area contributed by atoms with E-state index in [1.165, 1.54) is 112 Å². The molecule has 0 saturated heterocycles. The van der Waals surface area contributed by atoms with E-state index in [1.54, 1.807) is 0 Å². The predicted molar refractivity (Wildman–Crippen MR) is 381 cm³/mol. The van der Waals surface area contributed by atoms with E-state index in [9.17, 15) is 0 Å². The molecule has 4 heterocycles. The molecule has 0 N–H and O–H groups in total. The maximum absolute atomic E-state index is 2.81. The van der Waals surface area contributed by atoms with E-state index >= 15 is 0 Å². The van der Waals surface area contributed by atoms with Crippen LogP contribution in [0, 0.1) is 0 Å². The minimum atomic E-state index is -0.163. The van der Waals surface area contributed by atoms with Gasteiger partial charge in [0.15, 0.2) is 0 Å². The lowest BCUT2D eigenvalue weighted by atomic mass is 9.33. The zero-order valence-corrected chi connectivity index (χ0v) is 50.3. The Hall–Kier alpha value is -10.8. The van der Waals surface area contributed by atoms with Crippen LogP contribution in [0.25, 0.3) is 39.0 Å². The van der Waals surface area contributed by atoms with Crippen LogP contribution >= 0.6 is 0 Å². The summed E-state index contributed by atoms with van der Waals surface area (Å²) in [5.41, 5.74) is 31.9. The number of nitrogens with zero attached hydrogens (tertiary/aromatic N) is 5. The van der Waals surface area contributed by atoms with E-state index in [0.29, 0.717) is 0 Å². The normalized spacial score (nSPS) is 14.2. The first-order chi connectivity index (χ1) is 44.7. The third-order valence-corrected chi connectivity index (χ3v) is 19.2. The van der Waals surface area contributed by atoms with Gasteiger partial charge in [0.1, 0.15) is 0 Å². The fourth-order valence-electron chi connectivity index (χ4n) is 15.5. The number of allylic oxidation sites excluding steroid dienone is 4. The van der Waals surface area contributed by atoms with Crippen LogP contribution in [0.15, 0.2) is 303 Å². The molecule has 1 aliphatic carbocycles. The van der Waals surface area contributed by atoms with E-state index in [-0.39, 0.29) is 6.71 Å². The Morgan fingerprint density at radius 1 is 0.322 bits per heavy atom. The monoisotopic (exact) mass is 1160 g/mol. The molecule has 0 bridgehead atoms. The van der Waals surface area contributed by atoms with Crippen molar-refractivity contribution in [1.82, 2.24) is 0 Å². The van der Waals surface area contributed by atoms with Crippen molar-refractivity contribution in [1.29, 1.82) is 0 Å². The highest BCUT2D eigenvalue weighted by Gasteiger charge is 2.49. The Morgan fingerprint density at radius 2 is 0.700 bits per heavy atom. The van der Waals surface area contributed by atoms with Gasteiger partial charge < -0.3 is 24.5 Å². The van der Waals surface area contributed by atoms with Gasteiger partial charge in [0.05, 0.1) is 11.4 Å². The van der Waals surface area contributed by atoms with Crippen LogP contribution in [0.4, 0.5) is 73.9 Å². The highest BCUT2D eigenvalue weighted by Crippen LogP contribution is 2.58. The summed E-state index contributed by atoms with van der Waals surface area (Å²) < 4.78 is 0. The SMILES string of the molecule is C1=CC(c2cccc(-c3ccccc3)c2N2c3cc(N(c4ccccc4)c4ccccc4)ccc3B3c4ccc(N(c5ccccc5)c5ccccc5)cc4N(c4c(-c5ccccc5)cccc4-c4ccccc4)c4c5c6c(c2c43)CCCN6CCC5)=CCC1. The summed E-state index contributed by atoms with van der Waals surface area (Å²) in [7, 11) is 0. The minimum Gasteiger partial charge on any atom is -0.371 e. The molecule has 5 aliphatic rings. The second-order valence-corrected chi connectivity index (χ2v) is 24.4. The van der Waals surface area contributed by atoms with Crippen LogP contribution in [0.1, 0.15) is 42.4 Å². The van der Waals surface area contributed by atoms with Crippen molar-refractivity contribution < 1.29 is 0 Å². The fraction of sp³-hybridized carbons (Fsp3) is 0.0952. The van der Waals surface area contributed by atoms with Gasteiger partial charge in [0.25, 0.3) is 6.71 Å². The Labute approximate surface area is 529 Å². The quantitative estimate of drug-likeness (QED) is 0.113. The Bertz CT molecular complexity index is 4590. The number of para-hydroxylation sites is 6. The number of hydrogen-bond acceptors (Lipinski definition) is 5. The van der Waals surface area contributed by atoms with Crippen molar-refractivity contribution in [3.8, 4) is 33.4 Å². The summed E-state index contributed by atoms with van der Waals surface area (Å²) in [5, 5.41) is 0. The van der Waals surface area contributed by atoms with Crippen molar-refractivity contribution in [2.45, 2.75) is 38.5 Å². The first kappa shape index (κ1) is 53.4. The molecule has 12 aromatic rings. The van der Waals surface area contributed by atoms with E-state index < -0.39 is 0 Å². The molecule has 12 aromatic carbocycles. The van der Waals surface area contributed by atoms with Crippen molar-refractivity contribution >= 4 is 103 Å². The lowest BCUT2D eigenvalue weighted by Gasteiger charge is -2.50. The van der Waals surface area contributed by atoms with E-state index in [1.807, 2.05) is 0 Å². The van der Waals surface area contributed by atoms with Crippen LogP contribution in [0.3, 0.4) is 0 Å². The fourth-order valence-corrected chi connectivity index (χ4v) is 15.5. The average molecular weight is 1160 g/mol. The third kappa shape index (κ3) is 8.99. The van der Waals surface area contributed by atoms with Crippen molar-refractivity contribution in [2.24, 2.45) is 0 Å². The Morgan fingerprint density at radius 3 is 1.09 bits per heavy atom. The summed E-state index contributed by atoms with van der Waals surface area (Å²) in [6.07, 6.45) is 13.3.